The molecule has 1 aliphatic rings. The van der Waals surface area contributed by atoms with Crippen molar-refractivity contribution in [2.75, 3.05) is 12.4 Å². The largest absolute Gasteiger partial charge is 0.494 e. The summed E-state index contributed by atoms with van der Waals surface area (Å²) < 4.78 is 18.0. The Labute approximate surface area is 109 Å². The fourth-order valence-corrected chi connectivity index (χ4v) is 2.00. The molecule has 1 aliphatic carbocycles. The van der Waals surface area contributed by atoms with Crippen LogP contribution in [0.3, 0.4) is 0 Å². The van der Waals surface area contributed by atoms with Crippen molar-refractivity contribution in [2.45, 2.75) is 12.8 Å². The lowest BCUT2D eigenvalue weighted by atomic mass is 10.1. The molecule has 1 fully saturated rings. The highest BCUT2D eigenvalue weighted by Crippen LogP contribution is 2.46. The molecule has 0 aromatic heterocycles. The molecule has 1 aromatic rings. The van der Waals surface area contributed by atoms with Gasteiger partial charge in [-0.05, 0) is 25.0 Å². The lowest BCUT2D eigenvalue weighted by Crippen LogP contribution is -2.35. The zero-order valence-corrected chi connectivity index (χ0v) is 10.6. The lowest BCUT2D eigenvalue weighted by Gasteiger charge is -2.14. The van der Waals surface area contributed by atoms with Crippen molar-refractivity contribution in [1.29, 1.82) is 0 Å². The number of carbonyl (C=O) groups excluding carboxylic acids is 1. The Morgan fingerprint density at radius 2 is 2.22 bits per heavy atom. The fourth-order valence-electron chi connectivity index (χ4n) is 1.70. The molecule has 0 atom stereocenters. The van der Waals surface area contributed by atoms with Gasteiger partial charge in [0, 0.05) is 11.8 Å². The van der Waals surface area contributed by atoms with Crippen molar-refractivity contribution in [3.8, 4) is 5.75 Å². The molecule has 2 rings (SSSR count). The molecule has 6 heteroatoms. The molecular weight excluding hydrogens is 255 g/mol. The number of carbonyl (C=O) groups is 1. The molecular formula is C12H13FN2O2S. The highest BCUT2D eigenvalue weighted by molar-refractivity contribution is 7.80. The Morgan fingerprint density at radius 1 is 1.56 bits per heavy atom. The fraction of sp³-hybridized carbons (Fsp3) is 0.333. The summed E-state index contributed by atoms with van der Waals surface area (Å²) in [5.74, 6) is -0.650. The molecule has 3 N–H and O–H groups in total. The molecule has 0 unspecified atom stereocenters. The number of rotatable bonds is 4. The maximum atomic E-state index is 13.2. The average Bonchev–Trinajstić information content (AvgIpc) is 3.12. The molecule has 0 heterocycles. The average molecular weight is 268 g/mol. The van der Waals surface area contributed by atoms with Crippen LogP contribution in [0.15, 0.2) is 18.2 Å². The maximum Gasteiger partial charge on any atom is 0.237 e. The van der Waals surface area contributed by atoms with Crippen LogP contribution in [0.4, 0.5) is 10.1 Å². The van der Waals surface area contributed by atoms with E-state index in [4.69, 9.17) is 22.7 Å². The normalized spacial score (nSPS) is 15.9. The quantitative estimate of drug-likeness (QED) is 0.818. The van der Waals surface area contributed by atoms with Gasteiger partial charge in [-0.15, -0.1) is 0 Å². The van der Waals surface area contributed by atoms with Crippen molar-refractivity contribution in [2.24, 2.45) is 11.1 Å². The minimum absolute atomic E-state index is 0.0768. The third kappa shape index (κ3) is 2.15. The van der Waals surface area contributed by atoms with Gasteiger partial charge in [0.05, 0.1) is 17.5 Å². The Kier molecular flexibility index (Phi) is 3.21. The number of nitrogens with two attached hydrogens (primary N) is 1. The first kappa shape index (κ1) is 12.8. The third-order valence-corrected chi connectivity index (χ3v) is 3.46. The van der Waals surface area contributed by atoms with Crippen LogP contribution >= 0.6 is 12.2 Å². The number of methoxy groups -OCH3 is 1. The monoisotopic (exact) mass is 268 g/mol. The van der Waals surface area contributed by atoms with Crippen LogP contribution in [0.5, 0.6) is 5.75 Å². The summed E-state index contributed by atoms with van der Waals surface area (Å²) in [5, 5.41) is 2.67. The predicted octanol–water partition coefficient (Wildman–Crippen LogP) is 1.84. The molecule has 4 nitrogen and oxygen atoms in total. The van der Waals surface area contributed by atoms with Crippen LogP contribution in [-0.2, 0) is 4.79 Å². The van der Waals surface area contributed by atoms with Crippen LogP contribution in [-0.4, -0.2) is 18.0 Å². The number of hydrogen-bond donors (Lipinski definition) is 2. The minimum Gasteiger partial charge on any atom is -0.494 e. The zero-order chi connectivity index (χ0) is 13.3. The van der Waals surface area contributed by atoms with Crippen LogP contribution in [0.1, 0.15) is 12.8 Å². The first-order chi connectivity index (χ1) is 8.49. The van der Waals surface area contributed by atoms with Crippen LogP contribution < -0.4 is 15.8 Å². The molecule has 18 heavy (non-hydrogen) atoms. The highest BCUT2D eigenvalue weighted by atomic mass is 32.1. The van der Waals surface area contributed by atoms with Gasteiger partial charge in [0.25, 0.3) is 0 Å². The number of anilines is 1. The second-order valence-corrected chi connectivity index (χ2v) is 4.69. The summed E-state index contributed by atoms with van der Waals surface area (Å²) in [5.41, 5.74) is 5.29. The second kappa shape index (κ2) is 4.53. The summed E-state index contributed by atoms with van der Waals surface area (Å²) >= 11 is 4.89. The number of halogens is 1. The number of ether oxygens (including phenoxy) is 1. The second-order valence-electron chi connectivity index (χ2n) is 4.25. The van der Waals surface area contributed by atoms with Crippen LogP contribution in [0.25, 0.3) is 0 Å². The van der Waals surface area contributed by atoms with Gasteiger partial charge >= 0.3 is 0 Å². The smallest absolute Gasteiger partial charge is 0.237 e. The van der Waals surface area contributed by atoms with Gasteiger partial charge in [0.2, 0.25) is 5.91 Å². The summed E-state index contributed by atoms with van der Waals surface area (Å²) in [6, 6.07) is 4.11. The van der Waals surface area contributed by atoms with Gasteiger partial charge in [0.15, 0.2) is 11.6 Å². The van der Waals surface area contributed by atoms with Gasteiger partial charge in [-0.25, -0.2) is 4.39 Å². The van der Waals surface area contributed by atoms with Gasteiger partial charge < -0.3 is 15.8 Å². The van der Waals surface area contributed by atoms with Crippen molar-refractivity contribution in [3.63, 3.8) is 0 Å². The molecule has 1 saturated carbocycles. The number of amides is 1. The number of nitrogens with one attached hydrogen (secondary N) is 1. The Bertz CT molecular complexity index is 515. The predicted molar refractivity (Wildman–Crippen MR) is 70.0 cm³/mol. The minimum atomic E-state index is -0.725. The van der Waals surface area contributed by atoms with Gasteiger partial charge in [-0.3, -0.25) is 4.79 Å². The van der Waals surface area contributed by atoms with Crippen LogP contribution in [0, 0.1) is 11.2 Å². The van der Waals surface area contributed by atoms with Gasteiger partial charge in [-0.1, -0.05) is 12.2 Å². The van der Waals surface area contributed by atoms with Gasteiger partial charge in [-0.2, -0.15) is 0 Å². The van der Waals surface area contributed by atoms with E-state index in [9.17, 15) is 9.18 Å². The van der Waals surface area contributed by atoms with E-state index in [2.05, 4.69) is 5.32 Å². The van der Waals surface area contributed by atoms with Crippen LogP contribution in [0.2, 0.25) is 0 Å². The Hall–Kier alpha value is -1.69. The number of hydrogen-bond acceptors (Lipinski definition) is 3. The van der Waals surface area contributed by atoms with Crippen molar-refractivity contribution in [3.05, 3.63) is 24.0 Å². The maximum absolute atomic E-state index is 13.2. The van der Waals surface area contributed by atoms with E-state index in [1.165, 1.54) is 25.3 Å². The summed E-state index contributed by atoms with van der Waals surface area (Å²) in [6.45, 7) is 0. The van der Waals surface area contributed by atoms with Gasteiger partial charge in [0.1, 0.15) is 0 Å². The zero-order valence-electron chi connectivity index (χ0n) is 9.83. The van der Waals surface area contributed by atoms with E-state index in [0.29, 0.717) is 18.5 Å². The standard InChI is InChI=1S/C12H13FN2O2S/c1-17-9-6-7(2-3-8(9)13)15-11(16)12(4-5-12)10(14)18/h2-3,6H,4-5H2,1H3,(H2,14,18)(H,15,16). The molecule has 1 amide bonds. The van der Waals surface area contributed by atoms with Crippen molar-refractivity contribution in [1.82, 2.24) is 0 Å². The van der Waals surface area contributed by atoms with E-state index in [-0.39, 0.29) is 16.6 Å². The van der Waals surface area contributed by atoms with E-state index in [1.54, 1.807) is 0 Å². The Morgan fingerprint density at radius 3 is 2.72 bits per heavy atom. The summed E-state index contributed by atoms with van der Waals surface area (Å²) in [6.07, 6.45) is 1.32. The number of benzene rings is 1. The van der Waals surface area contributed by atoms with E-state index < -0.39 is 11.2 Å². The molecule has 0 saturated heterocycles. The third-order valence-electron chi connectivity index (χ3n) is 3.07. The molecule has 0 bridgehead atoms. The van der Waals surface area contributed by atoms with Crippen molar-refractivity contribution >= 4 is 28.8 Å². The summed E-state index contributed by atoms with van der Waals surface area (Å²) in [4.78, 5) is 12.2. The Balaban J connectivity index is 2.15. The molecule has 0 spiro atoms. The van der Waals surface area contributed by atoms with E-state index >= 15 is 0 Å². The summed E-state index contributed by atoms with van der Waals surface area (Å²) in [7, 11) is 1.36. The van der Waals surface area contributed by atoms with E-state index in [0.717, 1.165) is 0 Å². The van der Waals surface area contributed by atoms with E-state index in [1.807, 2.05) is 0 Å². The molecule has 0 aliphatic heterocycles. The van der Waals surface area contributed by atoms with Crippen molar-refractivity contribution < 1.29 is 13.9 Å². The lowest BCUT2D eigenvalue weighted by molar-refractivity contribution is -0.118. The SMILES string of the molecule is COc1cc(NC(=O)C2(C(N)=S)CC2)ccc1F. The molecule has 1 aromatic carbocycles. The first-order valence-electron chi connectivity index (χ1n) is 5.44. The first-order valence-corrected chi connectivity index (χ1v) is 5.85. The molecule has 96 valence electrons. The topological polar surface area (TPSA) is 64.3 Å². The number of thiocarbonyl (C=S) groups is 1. The highest BCUT2D eigenvalue weighted by Gasteiger charge is 2.52. The molecule has 0 radical (unpaired) electrons.